The molecular weight excluding hydrogens is 246 g/mol. The van der Waals surface area contributed by atoms with Crippen molar-refractivity contribution in [3.8, 4) is 0 Å². The second-order valence-corrected chi connectivity index (χ2v) is 4.06. The van der Waals surface area contributed by atoms with Crippen molar-refractivity contribution in [2.45, 2.75) is 13.5 Å². The fourth-order valence-corrected chi connectivity index (χ4v) is 2.44. The number of hydrogen-bond donors (Lipinski definition) is 0. The molecule has 1 aromatic heterocycles. The molecule has 0 unspecified atom stereocenters. The Morgan fingerprint density at radius 3 is 2.50 bits per heavy atom. The van der Waals surface area contributed by atoms with Gasteiger partial charge in [0, 0.05) is 40.5 Å². The molecule has 0 N–H and O–H groups in total. The van der Waals surface area contributed by atoms with Crippen LogP contribution >= 0.6 is 0 Å². The topological polar surface area (TPSA) is 33.1 Å². The van der Waals surface area contributed by atoms with E-state index in [2.05, 4.69) is 28.6 Å². The quantitative estimate of drug-likeness (QED) is 0.605. The Bertz CT molecular complexity index is 753. The number of para-hydroxylation sites is 1. The molecule has 90 valence electrons. The average Bonchev–Trinajstić information content (AvgIpc) is 2.71. The largest absolute Gasteiger partial charge is 1.00 e. The molecule has 0 spiro atoms. The Labute approximate surface area is 111 Å². The van der Waals surface area contributed by atoms with Gasteiger partial charge in [-0.3, -0.25) is 0 Å². The Morgan fingerprint density at radius 2 is 1.78 bits per heavy atom. The number of aryl methyl sites for hydroxylation is 1. The van der Waals surface area contributed by atoms with E-state index in [9.17, 15) is 0 Å². The van der Waals surface area contributed by atoms with Gasteiger partial charge in [-0.1, -0.05) is 18.2 Å². The molecule has 0 saturated carbocycles. The van der Waals surface area contributed by atoms with Crippen molar-refractivity contribution in [1.82, 2.24) is 4.57 Å². The smallest absolute Gasteiger partial charge is 0.385 e. The van der Waals surface area contributed by atoms with E-state index in [1.807, 2.05) is 30.3 Å². The van der Waals surface area contributed by atoms with Crippen molar-refractivity contribution < 1.29 is 12.4 Å². The number of benzene rings is 2. The van der Waals surface area contributed by atoms with E-state index >= 15 is 0 Å². The molecule has 0 bridgehead atoms. The fourth-order valence-electron chi connectivity index (χ4n) is 2.44. The molecule has 0 fully saturated rings. The second-order valence-electron chi connectivity index (χ2n) is 4.06. The van der Waals surface area contributed by atoms with Crippen LogP contribution in [0.5, 0.6) is 0 Å². The fraction of sp³-hybridized carbons (Fsp3) is 0.143. The van der Waals surface area contributed by atoms with Crippen LogP contribution < -0.4 is 12.4 Å². The highest BCUT2D eigenvalue weighted by atomic mass is 35.5. The van der Waals surface area contributed by atoms with Crippen LogP contribution in [-0.4, -0.2) is 4.57 Å². The Hall–Kier alpha value is -2.05. The van der Waals surface area contributed by atoms with Crippen molar-refractivity contribution in [3.63, 3.8) is 0 Å². The van der Waals surface area contributed by atoms with Gasteiger partial charge in [-0.15, -0.1) is 0 Å². The van der Waals surface area contributed by atoms with Gasteiger partial charge in [0.05, 0.1) is 0 Å². The summed E-state index contributed by atoms with van der Waals surface area (Å²) in [4.78, 5) is 3.25. The molecule has 1 heterocycles. The maximum Gasteiger partial charge on any atom is 0.385 e. The normalized spacial score (nSPS) is 10.2. The summed E-state index contributed by atoms with van der Waals surface area (Å²) in [7, 11) is 0. The van der Waals surface area contributed by atoms with Gasteiger partial charge in [0.1, 0.15) is 0 Å². The van der Waals surface area contributed by atoms with E-state index in [4.69, 9.17) is 5.39 Å². The lowest BCUT2D eigenvalue weighted by molar-refractivity contribution is -0.00000359. The summed E-state index contributed by atoms with van der Waals surface area (Å²) in [5.74, 6) is 0. The summed E-state index contributed by atoms with van der Waals surface area (Å²) in [5.41, 5.74) is 3.00. The van der Waals surface area contributed by atoms with E-state index in [-0.39, 0.29) is 12.4 Å². The van der Waals surface area contributed by atoms with E-state index in [1.54, 1.807) is 0 Å². The number of nitrogens with zero attached hydrogens (tertiary/aromatic N) is 3. The molecule has 18 heavy (non-hydrogen) atoms. The van der Waals surface area contributed by atoms with Gasteiger partial charge < -0.3 is 17.0 Å². The van der Waals surface area contributed by atoms with Crippen LogP contribution in [0.2, 0.25) is 0 Å². The van der Waals surface area contributed by atoms with Crippen LogP contribution in [0.15, 0.2) is 42.5 Å². The van der Waals surface area contributed by atoms with Crippen molar-refractivity contribution in [2.75, 3.05) is 0 Å². The van der Waals surface area contributed by atoms with Crippen LogP contribution in [0.4, 0.5) is 5.69 Å². The Balaban J connectivity index is 0.00000120. The zero-order chi connectivity index (χ0) is 11.8. The van der Waals surface area contributed by atoms with E-state index in [0.717, 1.165) is 11.9 Å². The van der Waals surface area contributed by atoms with Gasteiger partial charge in [-0.05, 0) is 19.1 Å². The number of aromatic nitrogens is 1. The molecule has 3 rings (SSSR count). The summed E-state index contributed by atoms with van der Waals surface area (Å²) in [6.45, 7) is 3.07. The third kappa shape index (κ3) is 1.62. The number of hydrogen-bond acceptors (Lipinski definition) is 1. The minimum Gasteiger partial charge on any atom is -1.00 e. The SMILES string of the molecule is CCn1c2ccccc2c2cc([N+]#N)ccc21.[Cl-]. The molecule has 2 aromatic carbocycles. The first-order valence-electron chi connectivity index (χ1n) is 5.71. The third-order valence-corrected chi connectivity index (χ3v) is 3.19. The first-order chi connectivity index (χ1) is 8.35. The number of fused-ring (bicyclic) bond motifs is 3. The van der Waals surface area contributed by atoms with E-state index in [1.165, 1.54) is 16.4 Å². The highest BCUT2D eigenvalue weighted by Gasteiger charge is 2.13. The van der Waals surface area contributed by atoms with Crippen molar-refractivity contribution >= 4 is 27.5 Å². The minimum atomic E-state index is 0. The molecule has 0 atom stereocenters. The predicted molar refractivity (Wildman–Crippen MR) is 69.9 cm³/mol. The third-order valence-electron chi connectivity index (χ3n) is 3.19. The second kappa shape index (κ2) is 4.67. The molecule has 0 radical (unpaired) electrons. The van der Waals surface area contributed by atoms with Gasteiger partial charge in [0.15, 0.2) is 4.98 Å². The molecule has 0 aliphatic heterocycles. The van der Waals surface area contributed by atoms with E-state index in [0.29, 0.717) is 5.69 Å². The van der Waals surface area contributed by atoms with Crippen LogP contribution in [-0.2, 0) is 6.54 Å². The van der Waals surface area contributed by atoms with Crippen LogP contribution in [0.1, 0.15) is 6.92 Å². The number of diazo groups is 1. The van der Waals surface area contributed by atoms with Crippen LogP contribution in [0, 0.1) is 5.39 Å². The highest BCUT2D eigenvalue weighted by Crippen LogP contribution is 2.31. The number of rotatable bonds is 1. The van der Waals surface area contributed by atoms with Crippen molar-refractivity contribution in [2.24, 2.45) is 0 Å². The maximum atomic E-state index is 8.85. The first kappa shape index (κ1) is 12.4. The summed E-state index contributed by atoms with van der Waals surface area (Å²) in [6, 6.07) is 14.1. The lowest BCUT2D eigenvalue weighted by Gasteiger charge is -2.01. The molecule has 0 saturated heterocycles. The summed E-state index contributed by atoms with van der Waals surface area (Å²) >= 11 is 0. The van der Waals surface area contributed by atoms with E-state index < -0.39 is 0 Å². The monoisotopic (exact) mass is 257 g/mol. The zero-order valence-electron chi connectivity index (χ0n) is 9.97. The molecule has 4 heteroatoms. The molecular formula is C14H12ClN3. The average molecular weight is 258 g/mol. The zero-order valence-corrected chi connectivity index (χ0v) is 10.7. The van der Waals surface area contributed by atoms with Gasteiger partial charge >= 0.3 is 5.69 Å². The Kier molecular flexibility index (Phi) is 3.22. The predicted octanol–water partition coefficient (Wildman–Crippen LogP) is 1.30. The Morgan fingerprint density at radius 1 is 1.06 bits per heavy atom. The molecule has 3 aromatic rings. The minimum absolute atomic E-state index is 0. The standard InChI is InChI=1S/C14H12N3.ClH/c1-2-17-13-6-4-3-5-11(13)12-9-10(16-15)7-8-14(12)17;/h3-9H,2H2,1H3;1H/q+1;/p-1. The van der Waals surface area contributed by atoms with Gasteiger partial charge in [-0.25, -0.2) is 0 Å². The van der Waals surface area contributed by atoms with Crippen LogP contribution in [0.3, 0.4) is 0 Å². The molecule has 0 aliphatic rings. The summed E-state index contributed by atoms with van der Waals surface area (Å²) in [6.07, 6.45) is 0. The van der Waals surface area contributed by atoms with Crippen molar-refractivity contribution in [1.29, 1.82) is 5.39 Å². The summed E-state index contributed by atoms with van der Waals surface area (Å²) < 4.78 is 2.27. The first-order valence-corrected chi connectivity index (χ1v) is 5.71. The van der Waals surface area contributed by atoms with Crippen LogP contribution in [0.25, 0.3) is 26.8 Å². The van der Waals surface area contributed by atoms with Gasteiger partial charge in [0.2, 0.25) is 5.39 Å². The number of halogens is 1. The van der Waals surface area contributed by atoms with Crippen molar-refractivity contribution in [3.05, 3.63) is 47.4 Å². The van der Waals surface area contributed by atoms with Gasteiger partial charge in [-0.2, -0.15) is 0 Å². The van der Waals surface area contributed by atoms with Gasteiger partial charge in [0.25, 0.3) is 0 Å². The maximum absolute atomic E-state index is 8.85. The summed E-state index contributed by atoms with van der Waals surface area (Å²) in [5, 5.41) is 11.2. The molecule has 0 amide bonds. The molecule has 3 nitrogen and oxygen atoms in total. The molecule has 0 aliphatic carbocycles. The lowest BCUT2D eigenvalue weighted by atomic mass is 10.1. The lowest BCUT2D eigenvalue weighted by Crippen LogP contribution is -3.00. The highest BCUT2D eigenvalue weighted by molar-refractivity contribution is 6.09.